The third-order valence-corrected chi connectivity index (χ3v) is 11.4. The second-order valence-corrected chi connectivity index (χ2v) is 15.8. The van der Waals surface area contributed by atoms with E-state index >= 15 is 0 Å². The quantitative estimate of drug-likeness (QED) is 0.228. The Balaban J connectivity index is 1.49. The van der Waals surface area contributed by atoms with Crippen LogP contribution in [0.25, 0.3) is 0 Å². The molecule has 0 unspecified atom stereocenters. The number of methoxy groups -OCH3 is 1. The van der Waals surface area contributed by atoms with Crippen molar-refractivity contribution in [3.63, 3.8) is 0 Å². The van der Waals surface area contributed by atoms with E-state index in [2.05, 4.69) is 20.6 Å². The van der Waals surface area contributed by atoms with Gasteiger partial charge in [-0.3, -0.25) is 28.9 Å². The summed E-state index contributed by atoms with van der Waals surface area (Å²) in [4.78, 5) is 78.1. The van der Waals surface area contributed by atoms with Gasteiger partial charge in [-0.25, -0.2) is 9.97 Å². The molecule has 2 aliphatic rings. The Hall–Kier alpha value is -3.47. The molecule has 2 fully saturated rings. The second kappa shape index (κ2) is 18.9. The number of carbonyl (C=O) groups excluding carboxylic acids is 5. The predicted octanol–water partition coefficient (Wildman–Crippen LogP) is 3.23. The number of amides is 3. The van der Waals surface area contributed by atoms with Gasteiger partial charge < -0.3 is 29.7 Å². The van der Waals surface area contributed by atoms with E-state index in [4.69, 9.17) is 14.2 Å². The van der Waals surface area contributed by atoms with E-state index in [1.54, 1.807) is 30.4 Å². The van der Waals surface area contributed by atoms with Crippen molar-refractivity contribution in [3.8, 4) is 0 Å². The fraction of sp³-hybridized carbons (Fsp3) is 0.686. The van der Waals surface area contributed by atoms with Gasteiger partial charge in [0, 0.05) is 61.8 Å². The molecular formula is C35H52N6O8S2. The third-order valence-electron chi connectivity index (χ3n) is 9.66. The number of likely N-dealkylation sites (N-methyl/N-ethyl adjacent to an activating group) is 2. The lowest BCUT2D eigenvalue weighted by atomic mass is 9.92. The van der Waals surface area contributed by atoms with Crippen LogP contribution in [-0.2, 0) is 39.8 Å². The van der Waals surface area contributed by atoms with Gasteiger partial charge in [-0.15, -0.1) is 22.7 Å². The van der Waals surface area contributed by atoms with Crippen LogP contribution < -0.4 is 10.6 Å². The third kappa shape index (κ3) is 11.0. The maximum atomic E-state index is 14.1. The standard InChI is InChI=1S/C35H52N6O8S2/c1-20(2)27(41(6)34(45)30(23-17-48-18-23)39-32(44)26-10-8-9-12-40(26)5)16-28(49-22(4)42)33-38-25(19-51-33)31(43)37-24(14-21(3)35(46)47-7)15-29-36-11-13-50-29/h11,13,19-21,23-24,26-28,30H,8-10,12,14-18H2,1-7H3,(H,37,43)(H,39,44)/t21-,24+,26+,27+,28+,30-/m0/s1. The molecule has 2 aliphatic heterocycles. The van der Waals surface area contributed by atoms with Gasteiger partial charge in [-0.2, -0.15) is 0 Å². The number of thiazole rings is 2. The Bertz CT molecular complexity index is 1480. The lowest BCUT2D eigenvalue weighted by Crippen LogP contribution is -2.61. The number of rotatable bonds is 17. The van der Waals surface area contributed by atoms with Crippen molar-refractivity contribution in [1.29, 1.82) is 0 Å². The topological polar surface area (TPSA) is 169 Å². The van der Waals surface area contributed by atoms with Crippen LogP contribution in [0.15, 0.2) is 17.0 Å². The summed E-state index contributed by atoms with van der Waals surface area (Å²) in [5, 5.41) is 10.7. The molecule has 16 heteroatoms. The monoisotopic (exact) mass is 748 g/mol. The van der Waals surface area contributed by atoms with Gasteiger partial charge in [-0.1, -0.05) is 27.2 Å². The number of likely N-dealkylation sites (tertiary alicyclic amines) is 1. The summed E-state index contributed by atoms with van der Waals surface area (Å²) in [5.41, 5.74) is 0.146. The van der Waals surface area contributed by atoms with E-state index in [1.165, 1.54) is 36.7 Å². The van der Waals surface area contributed by atoms with E-state index in [-0.39, 0.29) is 47.8 Å². The summed E-state index contributed by atoms with van der Waals surface area (Å²) >= 11 is 2.65. The van der Waals surface area contributed by atoms with Crippen molar-refractivity contribution in [2.45, 2.75) is 96.5 Å². The Morgan fingerprint density at radius 1 is 1.10 bits per heavy atom. The smallest absolute Gasteiger partial charge is 0.308 e. The van der Waals surface area contributed by atoms with Gasteiger partial charge in [-0.05, 0) is 38.8 Å². The van der Waals surface area contributed by atoms with E-state index < -0.39 is 42.0 Å². The van der Waals surface area contributed by atoms with Crippen molar-refractivity contribution in [2.24, 2.45) is 17.8 Å². The molecule has 0 radical (unpaired) electrons. The fourth-order valence-electron chi connectivity index (χ4n) is 6.64. The van der Waals surface area contributed by atoms with Crippen molar-refractivity contribution in [2.75, 3.05) is 41.0 Å². The van der Waals surface area contributed by atoms with Crippen LogP contribution in [0.3, 0.4) is 0 Å². The minimum atomic E-state index is -0.835. The normalized spacial score (nSPS) is 19.6. The Labute approximate surface area is 308 Å². The minimum absolute atomic E-state index is 0.0540. The highest BCUT2D eigenvalue weighted by molar-refractivity contribution is 7.10. The number of carbonyl (C=O) groups is 5. The average Bonchev–Trinajstić information content (AvgIpc) is 3.77. The van der Waals surface area contributed by atoms with Crippen LogP contribution in [0.2, 0.25) is 0 Å². The van der Waals surface area contributed by atoms with E-state index in [0.717, 1.165) is 30.8 Å². The number of hydrogen-bond donors (Lipinski definition) is 2. The highest BCUT2D eigenvalue weighted by Gasteiger charge is 2.41. The van der Waals surface area contributed by atoms with Gasteiger partial charge in [0.25, 0.3) is 5.91 Å². The van der Waals surface area contributed by atoms with Crippen molar-refractivity contribution in [1.82, 2.24) is 30.4 Å². The van der Waals surface area contributed by atoms with Crippen LogP contribution in [0, 0.1) is 17.8 Å². The molecule has 2 aromatic heterocycles. The van der Waals surface area contributed by atoms with Gasteiger partial charge in [0.2, 0.25) is 11.8 Å². The molecular weight excluding hydrogens is 697 g/mol. The lowest BCUT2D eigenvalue weighted by Gasteiger charge is -2.40. The maximum Gasteiger partial charge on any atom is 0.308 e. The zero-order valence-electron chi connectivity index (χ0n) is 30.6. The molecule has 3 amide bonds. The number of esters is 2. The van der Waals surface area contributed by atoms with Gasteiger partial charge in [0.15, 0.2) is 6.10 Å². The zero-order chi connectivity index (χ0) is 37.2. The number of piperidine rings is 1. The molecule has 0 spiro atoms. The van der Waals surface area contributed by atoms with Gasteiger partial charge in [0.1, 0.15) is 16.7 Å². The molecule has 2 aromatic rings. The number of ether oxygens (including phenoxy) is 3. The highest BCUT2D eigenvalue weighted by Crippen LogP contribution is 2.31. The number of hydrogen-bond acceptors (Lipinski definition) is 13. The summed E-state index contributed by atoms with van der Waals surface area (Å²) in [6, 6.07) is -1.85. The van der Waals surface area contributed by atoms with Crippen molar-refractivity contribution >= 4 is 52.3 Å². The lowest BCUT2D eigenvalue weighted by molar-refractivity contribution is -0.151. The molecule has 14 nitrogen and oxygen atoms in total. The number of nitrogens with one attached hydrogen (secondary N) is 2. The van der Waals surface area contributed by atoms with E-state index in [9.17, 15) is 24.0 Å². The first kappa shape index (κ1) is 40.3. The summed E-state index contributed by atoms with van der Waals surface area (Å²) in [7, 11) is 4.97. The molecule has 2 N–H and O–H groups in total. The van der Waals surface area contributed by atoms with Crippen LogP contribution >= 0.6 is 22.7 Å². The van der Waals surface area contributed by atoms with E-state index in [1.807, 2.05) is 31.2 Å². The molecule has 4 rings (SSSR count). The summed E-state index contributed by atoms with van der Waals surface area (Å²) in [6.45, 7) is 8.61. The first-order chi connectivity index (χ1) is 24.3. The Kier molecular flexibility index (Phi) is 14.9. The molecule has 0 aliphatic carbocycles. The van der Waals surface area contributed by atoms with Gasteiger partial charge in [0.05, 0.1) is 37.3 Å². The first-order valence-electron chi connectivity index (χ1n) is 17.5. The summed E-state index contributed by atoms with van der Waals surface area (Å²) in [6.07, 6.45) is 4.59. The second-order valence-electron chi connectivity index (χ2n) is 13.9. The molecule has 282 valence electrons. The number of nitrogens with zero attached hydrogens (tertiary/aromatic N) is 4. The summed E-state index contributed by atoms with van der Waals surface area (Å²) in [5.74, 6) is -2.37. The fourth-order valence-corrected chi connectivity index (χ4v) is 8.18. The predicted molar refractivity (Wildman–Crippen MR) is 192 cm³/mol. The number of aromatic nitrogens is 2. The van der Waals surface area contributed by atoms with Crippen LogP contribution in [0.5, 0.6) is 0 Å². The Morgan fingerprint density at radius 3 is 2.43 bits per heavy atom. The van der Waals surface area contributed by atoms with Crippen LogP contribution in [0.4, 0.5) is 0 Å². The summed E-state index contributed by atoms with van der Waals surface area (Å²) < 4.78 is 16.1. The molecule has 4 heterocycles. The SMILES string of the molecule is COC(=O)[C@@H](C)C[C@H](Cc1nccs1)NC(=O)c1csc([C@@H](C[C@H](C(C)C)N(C)C(=O)[C@@H](NC(=O)[C@H]2CCCCN2C)C2COC2)OC(C)=O)n1. The zero-order valence-corrected chi connectivity index (χ0v) is 32.2. The molecule has 0 saturated carbocycles. The van der Waals surface area contributed by atoms with Crippen molar-refractivity contribution in [3.05, 3.63) is 32.7 Å². The highest BCUT2D eigenvalue weighted by atomic mass is 32.1. The molecule has 0 aromatic carbocycles. The molecule has 2 saturated heterocycles. The molecule has 6 atom stereocenters. The van der Waals surface area contributed by atoms with Gasteiger partial charge >= 0.3 is 11.9 Å². The van der Waals surface area contributed by atoms with Crippen molar-refractivity contribution < 1.29 is 38.2 Å². The molecule has 0 bridgehead atoms. The minimum Gasteiger partial charge on any atom is -0.469 e. The van der Waals surface area contributed by atoms with Crippen LogP contribution in [0.1, 0.15) is 86.4 Å². The van der Waals surface area contributed by atoms with E-state index in [0.29, 0.717) is 31.1 Å². The largest absolute Gasteiger partial charge is 0.469 e. The van der Waals surface area contributed by atoms with Crippen LogP contribution in [-0.4, -0.2) is 115 Å². The molecule has 51 heavy (non-hydrogen) atoms. The maximum absolute atomic E-state index is 14.1. The first-order valence-corrected chi connectivity index (χ1v) is 19.3. The Morgan fingerprint density at radius 2 is 1.84 bits per heavy atom. The average molecular weight is 749 g/mol.